The number of hydrogen-bond acceptors (Lipinski definition) is 1. The van der Waals surface area contributed by atoms with Crippen molar-refractivity contribution in [3.63, 3.8) is 0 Å². The average molecular weight is 203 g/mol. The minimum atomic E-state index is 0.162. The Morgan fingerprint density at radius 3 is 2.40 bits per heavy atom. The predicted octanol–water partition coefficient (Wildman–Crippen LogP) is 3.37. The monoisotopic (exact) mass is 203 g/mol. The van der Waals surface area contributed by atoms with Gasteiger partial charge in [-0.1, -0.05) is 29.8 Å². The van der Waals surface area contributed by atoms with Crippen LogP contribution in [0.2, 0.25) is 0 Å². The number of rotatable bonds is 1. The van der Waals surface area contributed by atoms with Crippen LogP contribution >= 0.6 is 0 Å². The molecule has 0 radical (unpaired) electrons. The zero-order valence-corrected chi connectivity index (χ0v) is 10.2. The van der Waals surface area contributed by atoms with Crippen LogP contribution in [0, 0.1) is 6.92 Å². The molecule has 1 nitrogen and oxygen atoms in total. The molecule has 1 saturated heterocycles. The first-order valence-electron chi connectivity index (χ1n) is 5.78. The second-order valence-electron chi connectivity index (χ2n) is 5.71. The van der Waals surface area contributed by atoms with E-state index in [4.69, 9.17) is 0 Å². The van der Waals surface area contributed by atoms with Gasteiger partial charge in [0.2, 0.25) is 0 Å². The van der Waals surface area contributed by atoms with Crippen molar-refractivity contribution in [2.24, 2.45) is 0 Å². The minimum absolute atomic E-state index is 0.162. The highest BCUT2D eigenvalue weighted by Crippen LogP contribution is 2.37. The van der Waals surface area contributed by atoms with E-state index in [9.17, 15) is 0 Å². The lowest BCUT2D eigenvalue weighted by Gasteiger charge is -2.29. The van der Waals surface area contributed by atoms with E-state index in [-0.39, 0.29) is 11.1 Å². The standard InChI is InChI=1S/C14H21N/c1-11-6-5-7-12(10-11)14(4)9-8-13(2,3)15-14/h5-7,10,15H,8-9H2,1-4H3. The van der Waals surface area contributed by atoms with Gasteiger partial charge in [-0.15, -0.1) is 0 Å². The topological polar surface area (TPSA) is 12.0 Å². The van der Waals surface area contributed by atoms with Gasteiger partial charge in [-0.3, -0.25) is 0 Å². The molecule has 1 N–H and O–H groups in total. The Balaban J connectivity index is 2.31. The quantitative estimate of drug-likeness (QED) is 0.738. The first-order chi connectivity index (χ1) is 6.91. The molecule has 0 amide bonds. The van der Waals surface area contributed by atoms with Crippen LogP contribution in [0.15, 0.2) is 24.3 Å². The van der Waals surface area contributed by atoms with E-state index in [0.717, 1.165) is 0 Å². The molecule has 0 aliphatic carbocycles. The Labute approximate surface area is 92.9 Å². The molecular weight excluding hydrogens is 182 g/mol. The summed E-state index contributed by atoms with van der Waals surface area (Å²) in [5, 5.41) is 3.75. The molecule has 1 heterocycles. The number of nitrogens with one attached hydrogen (secondary N) is 1. The van der Waals surface area contributed by atoms with Crippen LogP contribution in [-0.4, -0.2) is 5.54 Å². The van der Waals surface area contributed by atoms with Crippen LogP contribution in [0.25, 0.3) is 0 Å². The summed E-state index contributed by atoms with van der Waals surface area (Å²) >= 11 is 0. The molecule has 15 heavy (non-hydrogen) atoms. The van der Waals surface area contributed by atoms with E-state index < -0.39 is 0 Å². The van der Waals surface area contributed by atoms with Gasteiger partial charge in [0.1, 0.15) is 0 Å². The zero-order valence-electron chi connectivity index (χ0n) is 10.2. The molecule has 2 rings (SSSR count). The van der Waals surface area contributed by atoms with Crippen LogP contribution in [0.4, 0.5) is 0 Å². The van der Waals surface area contributed by atoms with Crippen molar-refractivity contribution in [3.8, 4) is 0 Å². The van der Waals surface area contributed by atoms with Crippen molar-refractivity contribution in [2.75, 3.05) is 0 Å². The molecule has 1 aromatic carbocycles. The highest BCUT2D eigenvalue weighted by Gasteiger charge is 2.39. The molecule has 1 heteroatoms. The molecule has 1 fully saturated rings. The third-order valence-corrected chi connectivity index (χ3v) is 3.52. The van der Waals surface area contributed by atoms with Gasteiger partial charge in [-0.25, -0.2) is 0 Å². The second-order valence-corrected chi connectivity index (χ2v) is 5.71. The minimum Gasteiger partial charge on any atom is -0.303 e. The Bertz CT molecular complexity index is 367. The molecule has 1 aromatic rings. The lowest BCUT2D eigenvalue weighted by atomic mass is 9.89. The van der Waals surface area contributed by atoms with Gasteiger partial charge in [0.05, 0.1) is 0 Å². The lowest BCUT2D eigenvalue weighted by molar-refractivity contribution is 0.353. The molecule has 0 aromatic heterocycles. The molecule has 1 atom stereocenters. The van der Waals surface area contributed by atoms with E-state index in [2.05, 4.69) is 57.3 Å². The fourth-order valence-electron chi connectivity index (χ4n) is 2.64. The van der Waals surface area contributed by atoms with Gasteiger partial charge < -0.3 is 5.32 Å². The number of benzene rings is 1. The molecule has 0 saturated carbocycles. The smallest absolute Gasteiger partial charge is 0.0410 e. The zero-order chi connectivity index (χ0) is 11.1. The van der Waals surface area contributed by atoms with E-state index in [1.165, 1.54) is 24.0 Å². The Hall–Kier alpha value is -0.820. The van der Waals surface area contributed by atoms with E-state index in [0.29, 0.717) is 0 Å². The van der Waals surface area contributed by atoms with Gasteiger partial charge >= 0.3 is 0 Å². The van der Waals surface area contributed by atoms with Crippen molar-refractivity contribution >= 4 is 0 Å². The van der Waals surface area contributed by atoms with Crippen molar-refractivity contribution < 1.29 is 0 Å². The Morgan fingerprint density at radius 2 is 1.87 bits per heavy atom. The molecule has 1 unspecified atom stereocenters. The summed E-state index contributed by atoms with van der Waals surface area (Å²) in [7, 11) is 0. The van der Waals surface area contributed by atoms with Crippen LogP contribution < -0.4 is 5.32 Å². The third kappa shape index (κ3) is 2.07. The lowest BCUT2D eigenvalue weighted by Crippen LogP contribution is -2.43. The maximum Gasteiger partial charge on any atom is 0.0410 e. The van der Waals surface area contributed by atoms with Gasteiger partial charge in [0.25, 0.3) is 0 Å². The predicted molar refractivity (Wildman–Crippen MR) is 65.0 cm³/mol. The molecule has 1 aliphatic heterocycles. The SMILES string of the molecule is Cc1cccc(C2(C)CCC(C)(C)N2)c1. The highest BCUT2D eigenvalue weighted by atomic mass is 15.1. The van der Waals surface area contributed by atoms with Crippen molar-refractivity contribution in [2.45, 2.75) is 51.6 Å². The molecule has 82 valence electrons. The largest absolute Gasteiger partial charge is 0.303 e. The van der Waals surface area contributed by atoms with Gasteiger partial charge in [0, 0.05) is 11.1 Å². The summed E-state index contributed by atoms with van der Waals surface area (Å²) in [6, 6.07) is 8.85. The van der Waals surface area contributed by atoms with Crippen LogP contribution in [0.3, 0.4) is 0 Å². The average Bonchev–Trinajstić information content (AvgIpc) is 2.42. The fraction of sp³-hybridized carbons (Fsp3) is 0.571. The number of hydrogen-bond donors (Lipinski definition) is 1. The first kappa shape index (κ1) is 10.7. The van der Waals surface area contributed by atoms with E-state index in [1.54, 1.807) is 0 Å². The van der Waals surface area contributed by atoms with Gasteiger partial charge in [-0.05, 0) is 46.1 Å². The third-order valence-electron chi connectivity index (χ3n) is 3.52. The summed E-state index contributed by atoms with van der Waals surface area (Å²) in [5.41, 5.74) is 3.21. The summed E-state index contributed by atoms with van der Waals surface area (Å²) in [5.74, 6) is 0. The first-order valence-corrected chi connectivity index (χ1v) is 5.78. The second kappa shape index (κ2) is 3.34. The molecular formula is C14H21N. The molecule has 0 bridgehead atoms. The van der Waals surface area contributed by atoms with Crippen LogP contribution in [0.5, 0.6) is 0 Å². The summed E-state index contributed by atoms with van der Waals surface area (Å²) < 4.78 is 0. The summed E-state index contributed by atoms with van der Waals surface area (Å²) in [4.78, 5) is 0. The van der Waals surface area contributed by atoms with Gasteiger partial charge in [-0.2, -0.15) is 0 Å². The normalized spacial score (nSPS) is 29.3. The van der Waals surface area contributed by atoms with Crippen LogP contribution in [-0.2, 0) is 5.54 Å². The Kier molecular flexibility index (Phi) is 2.38. The summed E-state index contributed by atoms with van der Waals surface area (Å²) in [6.07, 6.45) is 2.47. The number of aryl methyl sites for hydroxylation is 1. The molecule has 1 aliphatic rings. The van der Waals surface area contributed by atoms with E-state index >= 15 is 0 Å². The summed E-state index contributed by atoms with van der Waals surface area (Å²) in [6.45, 7) is 9.05. The van der Waals surface area contributed by atoms with Gasteiger partial charge in [0.15, 0.2) is 0 Å². The maximum absolute atomic E-state index is 3.75. The van der Waals surface area contributed by atoms with E-state index in [1.807, 2.05) is 0 Å². The van der Waals surface area contributed by atoms with Crippen molar-refractivity contribution in [1.29, 1.82) is 0 Å². The highest BCUT2D eigenvalue weighted by molar-refractivity contribution is 5.30. The fourth-order valence-corrected chi connectivity index (χ4v) is 2.64. The van der Waals surface area contributed by atoms with Crippen LogP contribution in [0.1, 0.15) is 44.7 Å². The maximum atomic E-state index is 3.75. The van der Waals surface area contributed by atoms with Crippen molar-refractivity contribution in [3.05, 3.63) is 35.4 Å². The molecule has 0 spiro atoms. The van der Waals surface area contributed by atoms with Crippen molar-refractivity contribution in [1.82, 2.24) is 5.32 Å². The Morgan fingerprint density at radius 1 is 1.13 bits per heavy atom.